The maximum atomic E-state index is 12.5. The SMILES string of the molecule is COc1ccc(CNC(=O)CNC(=O)c2ccc(S(=O)(=O)Nc3ccccc3)cc2)cc1. The van der Waals surface area contributed by atoms with Gasteiger partial charge in [-0.05, 0) is 54.1 Å². The predicted molar refractivity (Wildman–Crippen MR) is 121 cm³/mol. The molecule has 0 aliphatic carbocycles. The van der Waals surface area contributed by atoms with Gasteiger partial charge < -0.3 is 15.4 Å². The molecule has 3 aromatic rings. The Morgan fingerprint density at radius 2 is 1.50 bits per heavy atom. The van der Waals surface area contributed by atoms with E-state index in [0.29, 0.717) is 12.2 Å². The molecule has 0 unspecified atom stereocenters. The molecule has 0 bridgehead atoms. The molecule has 3 rings (SSSR count). The summed E-state index contributed by atoms with van der Waals surface area (Å²) in [6, 6.07) is 21.2. The number of hydrogen-bond donors (Lipinski definition) is 3. The molecule has 0 saturated heterocycles. The van der Waals surface area contributed by atoms with E-state index in [4.69, 9.17) is 4.74 Å². The standard InChI is InChI=1S/C23H23N3O5S/c1-31-20-11-7-17(8-12-20)15-24-22(27)16-25-23(28)18-9-13-21(14-10-18)32(29,30)26-19-5-3-2-4-6-19/h2-14,26H,15-16H2,1H3,(H,24,27)(H,25,28). The van der Waals surface area contributed by atoms with E-state index >= 15 is 0 Å². The molecule has 0 heterocycles. The Labute approximate surface area is 186 Å². The number of para-hydroxylation sites is 1. The number of carbonyl (C=O) groups is 2. The Balaban J connectivity index is 1.50. The van der Waals surface area contributed by atoms with Crippen molar-refractivity contribution >= 4 is 27.5 Å². The van der Waals surface area contributed by atoms with Crippen LogP contribution in [0.15, 0.2) is 83.8 Å². The van der Waals surface area contributed by atoms with Crippen molar-refractivity contribution in [2.24, 2.45) is 0 Å². The highest BCUT2D eigenvalue weighted by atomic mass is 32.2. The highest BCUT2D eigenvalue weighted by Gasteiger charge is 2.15. The minimum atomic E-state index is -3.77. The smallest absolute Gasteiger partial charge is 0.261 e. The summed E-state index contributed by atoms with van der Waals surface area (Å²) < 4.78 is 32.5. The number of anilines is 1. The van der Waals surface area contributed by atoms with Crippen LogP contribution in [-0.4, -0.2) is 33.9 Å². The van der Waals surface area contributed by atoms with Gasteiger partial charge in [0.15, 0.2) is 0 Å². The fourth-order valence-corrected chi connectivity index (χ4v) is 3.83. The van der Waals surface area contributed by atoms with Gasteiger partial charge in [-0.2, -0.15) is 0 Å². The number of rotatable bonds is 9. The second kappa shape index (κ2) is 10.5. The summed E-state index contributed by atoms with van der Waals surface area (Å²) >= 11 is 0. The lowest BCUT2D eigenvalue weighted by atomic mass is 10.2. The topological polar surface area (TPSA) is 114 Å². The molecule has 8 nitrogen and oxygen atoms in total. The molecule has 0 radical (unpaired) electrons. The highest BCUT2D eigenvalue weighted by Crippen LogP contribution is 2.16. The third-order valence-electron chi connectivity index (χ3n) is 4.51. The maximum absolute atomic E-state index is 12.5. The number of nitrogens with one attached hydrogen (secondary N) is 3. The van der Waals surface area contributed by atoms with Gasteiger partial charge in [-0.15, -0.1) is 0 Å². The van der Waals surface area contributed by atoms with Crippen molar-refractivity contribution < 1.29 is 22.7 Å². The van der Waals surface area contributed by atoms with Crippen LogP contribution in [0.4, 0.5) is 5.69 Å². The zero-order chi connectivity index (χ0) is 23.0. The monoisotopic (exact) mass is 453 g/mol. The van der Waals surface area contributed by atoms with Gasteiger partial charge in [0.2, 0.25) is 5.91 Å². The Morgan fingerprint density at radius 1 is 0.844 bits per heavy atom. The summed E-state index contributed by atoms with van der Waals surface area (Å²) in [5.74, 6) is -0.105. The van der Waals surface area contributed by atoms with E-state index < -0.39 is 15.9 Å². The van der Waals surface area contributed by atoms with Crippen molar-refractivity contribution in [3.63, 3.8) is 0 Å². The van der Waals surface area contributed by atoms with Crippen molar-refractivity contribution in [3.8, 4) is 5.75 Å². The average molecular weight is 454 g/mol. The molecule has 0 fully saturated rings. The molecule has 32 heavy (non-hydrogen) atoms. The van der Waals surface area contributed by atoms with Gasteiger partial charge in [0, 0.05) is 17.8 Å². The Bertz CT molecular complexity index is 1160. The second-order valence-electron chi connectivity index (χ2n) is 6.80. The highest BCUT2D eigenvalue weighted by molar-refractivity contribution is 7.92. The summed E-state index contributed by atoms with van der Waals surface area (Å²) in [7, 11) is -2.20. The van der Waals surface area contributed by atoms with Gasteiger partial charge in [0.25, 0.3) is 15.9 Å². The van der Waals surface area contributed by atoms with Crippen molar-refractivity contribution in [1.29, 1.82) is 0 Å². The Hall–Kier alpha value is -3.85. The fraction of sp³-hybridized carbons (Fsp3) is 0.130. The maximum Gasteiger partial charge on any atom is 0.261 e. The van der Waals surface area contributed by atoms with Crippen LogP contribution in [0.25, 0.3) is 0 Å². The summed E-state index contributed by atoms with van der Waals surface area (Å²) in [6.45, 7) is 0.115. The molecule has 3 N–H and O–H groups in total. The molecule has 9 heteroatoms. The molecule has 0 spiro atoms. The second-order valence-corrected chi connectivity index (χ2v) is 8.49. The van der Waals surface area contributed by atoms with Crippen molar-refractivity contribution in [3.05, 3.63) is 90.0 Å². The minimum absolute atomic E-state index is 0.0233. The van der Waals surface area contributed by atoms with Crippen molar-refractivity contribution in [2.75, 3.05) is 18.4 Å². The van der Waals surface area contributed by atoms with Crippen molar-refractivity contribution in [2.45, 2.75) is 11.4 Å². The molecular formula is C23H23N3O5S. The Morgan fingerprint density at radius 3 is 2.12 bits per heavy atom. The lowest BCUT2D eigenvalue weighted by Gasteiger charge is -2.09. The van der Waals surface area contributed by atoms with E-state index in [-0.39, 0.29) is 22.9 Å². The largest absolute Gasteiger partial charge is 0.497 e. The summed E-state index contributed by atoms with van der Waals surface area (Å²) in [5.41, 5.74) is 1.58. The number of sulfonamides is 1. The first-order valence-corrected chi connectivity index (χ1v) is 11.2. The lowest BCUT2D eigenvalue weighted by molar-refractivity contribution is -0.120. The molecule has 3 aromatic carbocycles. The number of ether oxygens (including phenoxy) is 1. The number of benzene rings is 3. The van der Waals surface area contributed by atoms with Gasteiger partial charge in [0.05, 0.1) is 18.6 Å². The molecule has 166 valence electrons. The Kier molecular flexibility index (Phi) is 7.45. The van der Waals surface area contributed by atoms with E-state index in [0.717, 1.165) is 11.3 Å². The fourth-order valence-electron chi connectivity index (χ4n) is 2.77. The summed E-state index contributed by atoms with van der Waals surface area (Å²) in [5, 5.41) is 5.23. The van der Waals surface area contributed by atoms with E-state index in [1.54, 1.807) is 49.6 Å². The summed E-state index contributed by atoms with van der Waals surface area (Å²) in [4.78, 5) is 24.3. The first kappa shape index (κ1) is 22.8. The van der Waals surface area contributed by atoms with Crippen LogP contribution in [0.5, 0.6) is 5.75 Å². The average Bonchev–Trinajstić information content (AvgIpc) is 2.82. The van der Waals surface area contributed by atoms with Crippen molar-refractivity contribution in [1.82, 2.24) is 10.6 Å². The van der Waals surface area contributed by atoms with Crippen LogP contribution >= 0.6 is 0 Å². The predicted octanol–water partition coefficient (Wildman–Crippen LogP) is 2.54. The molecule has 0 atom stereocenters. The van der Waals surface area contributed by atoms with Gasteiger partial charge in [-0.3, -0.25) is 14.3 Å². The van der Waals surface area contributed by atoms with E-state index in [1.165, 1.54) is 24.3 Å². The first-order chi connectivity index (χ1) is 15.4. The van der Waals surface area contributed by atoms with Crippen LogP contribution in [0.2, 0.25) is 0 Å². The van der Waals surface area contributed by atoms with Gasteiger partial charge >= 0.3 is 0 Å². The van der Waals surface area contributed by atoms with Crippen LogP contribution in [-0.2, 0) is 21.4 Å². The van der Waals surface area contributed by atoms with Gasteiger partial charge in [0.1, 0.15) is 5.75 Å². The zero-order valence-electron chi connectivity index (χ0n) is 17.4. The third kappa shape index (κ3) is 6.32. The molecule has 0 aliphatic heterocycles. The normalized spacial score (nSPS) is 10.8. The number of methoxy groups -OCH3 is 1. The summed E-state index contributed by atoms with van der Waals surface area (Å²) in [6.07, 6.45) is 0. The van der Waals surface area contributed by atoms with Crippen LogP contribution in [0.3, 0.4) is 0 Å². The van der Waals surface area contributed by atoms with Crippen LogP contribution in [0, 0.1) is 0 Å². The molecular weight excluding hydrogens is 430 g/mol. The van der Waals surface area contributed by atoms with Crippen LogP contribution in [0.1, 0.15) is 15.9 Å². The van der Waals surface area contributed by atoms with E-state index in [9.17, 15) is 18.0 Å². The molecule has 2 amide bonds. The van der Waals surface area contributed by atoms with Gasteiger partial charge in [-0.1, -0.05) is 30.3 Å². The molecule has 0 aromatic heterocycles. The molecule has 0 saturated carbocycles. The minimum Gasteiger partial charge on any atom is -0.497 e. The van der Waals surface area contributed by atoms with E-state index in [2.05, 4.69) is 15.4 Å². The number of amides is 2. The zero-order valence-corrected chi connectivity index (χ0v) is 18.2. The van der Waals surface area contributed by atoms with Gasteiger partial charge in [-0.25, -0.2) is 8.42 Å². The third-order valence-corrected chi connectivity index (χ3v) is 5.91. The number of hydrogen-bond acceptors (Lipinski definition) is 5. The first-order valence-electron chi connectivity index (χ1n) is 9.73. The number of carbonyl (C=O) groups excluding carboxylic acids is 2. The van der Waals surface area contributed by atoms with Crippen LogP contribution < -0.4 is 20.1 Å². The lowest BCUT2D eigenvalue weighted by Crippen LogP contribution is -2.36. The molecule has 0 aliphatic rings. The quantitative estimate of drug-likeness (QED) is 0.461. The van der Waals surface area contributed by atoms with E-state index in [1.807, 2.05) is 12.1 Å².